The Morgan fingerprint density at radius 3 is 2.37 bits per heavy atom. The van der Waals surface area contributed by atoms with Crippen LogP contribution in [0.3, 0.4) is 0 Å². The number of aromatic nitrogens is 3. The summed E-state index contributed by atoms with van der Waals surface area (Å²) in [7, 11) is 0. The summed E-state index contributed by atoms with van der Waals surface area (Å²) in [6, 6.07) is 7.54. The summed E-state index contributed by atoms with van der Waals surface area (Å²) in [5.74, 6) is -0.0278. The number of nitrogens with zero attached hydrogens (tertiary/aromatic N) is 3. The van der Waals surface area contributed by atoms with Gasteiger partial charge in [0.15, 0.2) is 5.82 Å². The molecule has 11 heteroatoms. The van der Waals surface area contributed by atoms with Crippen molar-refractivity contribution >= 4 is 39.6 Å². The third-order valence-electron chi connectivity index (χ3n) is 5.70. The zero-order valence-corrected chi connectivity index (χ0v) is 23.1. The standard InChI is InChI=1S/C27H39N5O6/c1-7-36-13-14-38-16-21(33)31-27(5,6)25(34)30-24-22-23(18-11-9-10-12-19(18)28-24)32(17-26(3,4)35)20(29-22)15-37-8-2/h9-12,35H,7-8,13-17H2,1-6H3,(H,31,33)(H,28,30,34). The summed E-state index contributed by atoms with van der Waals surface area (Å²) in [4.78, 5) is 35.2. The molecule has 2 heterocycles. The second-order valence-corrected chi connectivity index (χ2v) is 10.1. The lowest BCUT2D eigenvalue weighted by Crippen LogP contribution is -2.53. The summed E-state index contributed by atoms with van der Waals surface area (Å²) in [6.07, 6.45) is 0. The average molecular weight is 530 g/mol. The van der Waals surface area contributed by atoms with Gasteiger partial charge in [0.2, 0.25) is 5.91 Å². The molecule has 0 saturated heterocycles. The first-order valence-electron chi connectivity index (χ1n) is 12.8. The van der Waals surface area contributed by atoms with E-state index in [9.17, 15) is 14.7 Å². The van der Waals surface area contributed by atoms with Crippen molar-refractivity contribution in [1.82, 2.24) is 19.9 Å². The molecule has 0 atom stereocenters. The minimum atomic E-state index is -1.26. The van der Waals surface area contributed by atoms with Gasteiger partial charge in [0.1, 0.15) is 30.1 Å². The number of nitrogens with one attached hydrogen (secondary N) is 2. The topological polar surface area (TPSA) is 137 Å². The number of ether oxygens (including phenoxy) is 3. The smallest absolute Gasteiger partial charge is 0.250 e. The SMILES string of the molecule is CCOCCOCC(=O)NC(C)(C)C(=O)Nc1nc2ccccc2c2c1nc(COCC)n2CC(C)(C)O. The van der Waals surface area contributed by atoms with Gasteiger partial charge < -0.3 is 34.5 Å². The minimum Gasteiger partial charge on any atom is -0.389 e. The molecule has 0 unspecified atom stereocenters. The van der Waals surface area contributed by atoms with Gasteiger partial charge in [-0.2, -0.15) is 0 Å². The lowest BCUT2D eigenvalue weighted by Gasteiger charge is -2.25. The quantitative estimate of drug-likeness (QED) is 0.271. The molecule has 2 aromatic heterocycles. The molecule has 0 saturated carbocycles. The number of hydrogen-bond acceptors (Lipinski definition) is 8. The van der Waals surface area contributed by atoms with E-state index in [1.165, 1.54) is 0 Å². The van der Waals surface area contributed by atoms with E-state index in [1.54, 1.807) is 27.7 Å². The molecule has 0 aliphatic rings. The fraction of sp³-hybridized carbons (Fsp3) is 0.556. The van der Waals surface area contributed by atoms with Gasteiger partial charge in [-0.3, -0.25) is 9.59 Å². The maximum absolute atomic E-state index is 13.3. The summed E-state index contributed by atoms with van der Waals surface area (Å²) in [5.41, 5.74) is -0.437. The lowest BCUT2D eigenvalue weighted by atomic mass is 10.0. The molecule has 0 radical (unpaired) electrons. The van der Waals surface area contributed by atoms with Crippen molar-refractivity contribution in [1.29, 1.82) is 0 Å². The van der Waals surface area contributed by atoms with Crippen LogP contribution < -0.4 is 10.6 Å². The Morgan fingerprint density at radius 1 is 1.00 bits per heavy atom. The van der Waals surface area contributed by atoms with Crippen LogP contribution >= 0.6 is 0 Å². The lowest BCUT2D eigenvalue weighted by molar-refractivity contribution is -0.132. The normalized spacial score (nSPS) is 12.3. The van der Waals surface area contributed by atoms with Crippen LogP contribution in [0.5, 0.6) is 0 Å². The van der Waals surface area contributed by atoms with Crippen LogP contribution in [0, 0.1) is 0 Å². The fourth-order valence-electron chi connectivity index (χ4n) is 3.96. The number of pyridine rings is 1. The molecule has 0 aliphatic heterocycles. The Balaban J connectivity index is 1.94. The zero-order valence-electron chi connectivity index (χ0n) is 23.1. The monoisotopic (exact) mass is 529 g/mol. The molecule has 0 bridgehead atoms. The van der Waals surface area contributed by atoms with Gasteiger partial charge in [-0.05, 0) is 47.6 Å². The molecule has 2 amide bonds. The minimum absolute atomic E-state index is 0.190. The highest BCUT2D eigenvalue weighted by Crippen LogP contribution is 2.32. The number of para-hydroxylation sites is 1. The van der Waals surface area contributed by atoms with Gasteiger partial charge in [0.05, 0.1) is 36.4 Å². The molecule has 1 aromatic carbocycles. The Bertz CT molecular complexity index is 1260. The molecule has 38 heavy (non-hydrogen) atoms. The van der Waals surface area contributed by atoms with Crippen LogP contribution in [0.4, 0.5) is 5.82 Å². The highest BCUT2D eigenvalue weighted by Gasteiger charge is 2.31. The van der Waals surface area contributed by atoms with Gasteiger partial charge in [0.25, 0.3) is 5.91 Å². The second-order valence-electron chi connectivity index (χ2n) is 10.1. The predicted molar refractivity (Wildman–Crippen MR) is 145 cm³/mol. The van der Waals surface area contributed by atoms with Crippen LogP contribution in [0.15, 0.2) is 24.3 Å². The molecule has 3 N–H and O–H groups in total. The Morgan fingerprint density at radius 2 is 1.68 bits per heavy atom. The van der Waals surface area contributed by atoms with Gasteiger partial charge in [0, 0.05) is 18.6 Å². The van der Waals surface area contributed by atoms with Crippen molar-refractivity contribution in [3.05, 3.63) is 30.1 Å². The predicted octanol–water partition coefficient (Wildman–Crippen LogP) is 2.78. The van der Waals surface area contributed by atoms with Crippen molar-refractivity contribution < 1.29 is 28.9 Å². The summed E-state index contributed by atoms with van der Waals surface area (Å²) in [6.45, 7) is 12.5. The van der Waals surface area contributed by atoms with E-state index >= 15 is 0 Å². The van der Waals surface area contributed by atoms with Crippen molar-refractivity contribution in [3.63, 3.8) is 0 Å². The highest BCUT2D eigenvalue weighted by atomic mass is 16.5. The maximum atomic E-state index is 13.3. The van der Waals surface area contributed by atoms with Gasteiger partial charge in [-0.25, -0.2) is 9.97 Å². The first-order chi connectivity index (χ1) is 18.0. The number of rotatable bonds is 14. The number of imidazole rings is 1. The summed E-state index contributed by atoms with van der Waals surface area (Å²) < 4.78 is 18.1. The zero-order chi connectivity index (χ0) is 27.9. The average Bonchev–Trinajstić information content (AvgIpc) is 3.19. The van der Waals surface area contributed by atoms with Crippen molar-refractivity contribution in [3.8, 4) is 0 Å². The Hall–Kier alpha value is -3.12. The summed E-state index contributed by atoms with van der Waals surface area (Å²) in [5, 5.41) is 17.0. The molecule has 3 aromatic rings. The largest absolute Gasteiger partial charge is 0.389 e. The number of hydrogen-bond donors (Lipinski definition) is 3. The van der Waals surface area contributed by atoms with Crippen LogP contribution in [0.25, 0.3) is 21.9 Å². The number of anilines is 1. The van der Waals surface area contributed by atoms with Crippen molar-refractivity contribution in [2.75, 3.05) is 38.4 Å². The van der Waals surface area contributed by atoms with Crippen LogP contribution in [-0.4, -0.2) is 75.6 Å². The molecule has 0 spiro atoms. The summed E-state index contributed by atoms with van der Waals surface area (Å²) >= 11 is 0. The van der Waals surface area contributed by atoms with Crippen LogP contribution in [-0.2, 0) is 37.0 Å². The van der Waals surface area contributed by atoms with Crippen molar-refractivity contribution in [2.45, 2.75) is 65.8 Å². The molecule has 0 fully saturated rings. The van der Waals surface area contributed by atoms with E-state index in [4.69, 9.17) is 19.2 Å². The van der Waals surface area contributed by atoms with Gasteiger partial charge in [-0.15, -0.1) is 0 Å². The van der Waals surface area contributed by atoms with E-state index in [0.717, 1.165) is 10.9 Å². The fourth-order valence-corrected chi connectivity index (χ4v) is 3.96. The van der Waals surface area contributed by atoms with E-state index in [2.05, 4.69) is 15.6 Å². The third kappa shape index (κ3) is 7.47. The molecule has 0 aliphatic carbocycles. The third-order valence-corrected chi connectivity index (χ3v) is 5.70. The first-order valence-corrected chi connectivity index (χ1v) is 12.8. The van der Waals surface area contributed by atoms with Crippen LogP contribution in [0.2, 0.25) is 0 Å². The number of carbonyl (C=O) groups excluding carboxylic acids is 2. The van der Waals surface area contributed by atoms with Gasteiger partial charge >= 0.3 is 0 Å². The Kier molecular flexibility index (Phi) is 9.77. The van der Waals surface area contributed by atoms with Crippen LogP contribution in [0.1, 0.15) is 47.4 Å². The van der Waals surface area contributed by atoms with E-state index in [0.29, 0.717) is 36.7 Å². The number of carbonyl (C=O) groups is 2. The number of aliphatic hydroxyl groups is 1. The second kappa shape index (κ2) is 12.6. The number of amides is 2. The molecule has 11 nitrogen and oxygen atoms in total. The molecule has 3 rings (SSSR count). The van der Waals surface area contributed by atoms with Crippen molar-refractivity contribution in [2.24, 2.45) is 0 Å². The first kappa shape index (κ1) is 29.4. The maximum Gasteiger partial charge on any atom is 0.250 e. The molecular formula is C27H39N5O6. The Labute approximate surface area is 222 Å². The molecule has 208 valence electrons. The van der Waals surface area contributed by atoms with E-state index in [-0.39, 0.29) is 32.2 Å². The highest BCUT2D eigenvalue weighted by molar-refractivity contribution is 6.11. The molecular weight excluding hydrogens is 490 g/mol. The van der Waals surface area contributed by atoms with Gasteiger partial charge in [-0.1, -0.05) is 18.2 Å². The van der Waals surface area contributed by atoms with E-state index < -0.39 is 23.0 Å². The number of benzene rings is 1. The van der Waals surface area contributed by atoms with E-state index in [1.807, 2.05) is 42.7 Å². The number of fused-ring (bicyclic) bond motifs is 3.